The maximum Gasteiger partial charge on any atom is 0.275 e. The minimum Gasteiger partial charge on any atom is -0.388 e. The molecule has 1 amide bonds. The van der Waals surface area contributed by atoms with Crippen LogP contribution in [-0.2, 0) is 11.8 Å². The third-order valence-electron chi connectivity index (χ3n) is 4.23. The molecule has 6 heteroatoms. The molecule has 1 saturated heterocycles. The number of hydrogen-bond acceptors (Lipinski definition) is 4. The number of aryl methyl sites for hydroxylation is 2. The Kier molecular flexibility index (Phi) is 3.88. The van der Waals surface area contributed by atoms with Gasteiger partial charge in [0.25, 0.3) is 5.91 Å². The van der Waals surface area contributed by atoms with E-state index in [1.54, 1.807) is 9.58 Å². The topological polar surface area (TPSA) is 67.6 Å². The molecule has 22 heavy (non-hydrogen) atoms. The lowest BCUT2D eigenvalue weighted by atomic mass is 10.1. The van der Waals surface area contributed by atoms with Crippen molar-refractivity contribution >= 4 is 16.8 Å². The maximum atomic E-state index is 12.9. The Morgan fingerprint density at radius 3 is 2.91 bits per heavy atom. The fraction of sp³-hybridized carbons (Fsp3) is 0.500. The van der Waals surface area contributed by atoms with Gasteiger partial charge in [0, 0.05) is 19.0 Å². The van der Waals surface area contributed by atoms with E-state index in [1.807, 2.05) is 39.1 Å². The first kappa shape index (κ1) is 15.0. The van der Waals surface area contributed by atoms with E-state index in [2.05, 4.69) is 5.10 Å². The summed E-state index contributed by atoms with van der Waals surface area (Å²) in [6.07, 6.45) is -0.638. The van der Waals surface area contributed by atoms with E-state index in [1.165, 1.54) is 0 Å². The average molecular weight is 303 g/mol. The van der Waals surface area contributed by atoms with Crippen LogP contribution in [0.3, 0.4) is 0 Å². The van der Waals surface area contributed by atoms with Crippen molar-refractivity contribution in [1.29, 1.82) is 0 Å². The lowest BCUT2D eigenvalue weighted by Crippen LogP contribution is -2.46. The second kappa shape index (κ2) is 5.70. The molecule has 0 saturated carbocycles. The molecule has 2 aromatic rings. The van der Waals surface area contributed by atoms with Gasteiger partial charge in [0.05, 0.1) is 30.9 Å². The molecular formula is C16H21N3O3. The fourth-order valence-electron chi connectivity index (χ4n) is 3.03. The van der Waals surface area contributed by atoms with Gasteiger partial charge in [-0.1, -0.05) is 11.6 Å². The van der Waals surface area contributed by atoms with Gasteiger partial charge in [-0.15, -0.1) is 0 Å². The molecule has 0 spiro atoms. The van der Waals surface area contributed by atoms with Gasteiger partial charge < -0.3 is 14.7 Å². The van der Waals surface area contributed by atoms with Gasteiger partial charge in [-0.3, -0.25) is 9.48 Å². The molecule has 0 bridgehead atoms. The smallest absolute Gasteiger partial charge is 0.275 e. The molecule has 6 nitrogen and oxygen atoms in total. The van der Waals surface area contributed by atoms with Crippen molar-refractivity contribution in [2.24, 2.45) is 7.05 Å². The molecule has 2 atom stereocenters. The van der Waals surface area contributed by atoms with Crippen LogP contribution >= 0.6 is 0 Å². The molecule has 1 aromatic heterocycles. The Morgan fingerprint density at radius 1 is 1.50 bits per heavy atom. The number of carbonyl (C=O) groups is 1. The van der Waals surface area contributed by atoms with Crippen molar-refractivity contribution in [3.05, 3.63) is 29.5 Å². The van der Waals surface area contributed by atoms with E-state index in [0.717, 1.165) is 16.5 Å². The Bertz CT molecular complexity index is 710. The summed E-state index contributed by atoms with van der Waals surface area (Å²) in [5, 5.41) is 15.3. The fourth-order valence-corrected chi connectivity index (χ4v) is 3.03. The monoisotopic (exact) mass is 303 g/mol. The number of hydrogen-bond donors (Lipinski definition) is 1. The summed E-state index contributed by atoms with van der Waals surface area (Å²) in [7, 11) is 1.83. The summed E-state index contributed by atoms with van der Waals surface area (Å²) >= 11 is 0. The van der Waals surface area contributed by atoms with Crippen molar-refractivity contribution in [2.75, 3.05) is 19.8 Å². The number of aliphatic hydroxyl groups excluding tert-OH is 1. The lowest BCUT2D eigenvalue weighted by Gasteiger charge is -2.28. The van der Waals surface area contributed by atoms with Gasteiger partial charge in [-0.2, -0.15) is 5.10 Å². The zero-order valence-corrected chi connectivity index (χ0v) is 13.1. The minimum atomic E-state index is -0.638. The van der Waals surface area contributed by atoms with Crippen molar-refractivity contribution in [3.63, 3.8) is 0 Å². The van der Waals surface area contributed by atoms with Crippen LogP contribution in [0.1, 0.15) is 23.0 Å². The second-order valence-corrected chi connectivity index (χ2v) is 5.76. The number of aromatic nitrogens is 2. The normalized spacial score (nSPS) is 21.5. The van der Waals surface area contributed by atoms with Crippen LogP contribution in [0.5, 0.6) is 0 Å². The number of rotatable bonds is 3. The first-order chi connectivity index (χ1) is 10.5. The van der Waals surface area contributed by atoms with Crippen molar-refractivity contribution in [3.8, 4) is 0 Å². The molecule has 1 N–H and O–H groups in total. The molecular weight excluding hydrogens is 282 g/mol. The molecule has 2 heterocycles. The van der Waals surface area contributed by atoms with Gasteiger partial charge >= 0.3 is 0 Å². The van der Waals surface area contributed by atoms with E-state index < -0.39 is 6.10 Å². The molecule has 118 valence electrons. The second-order valence-electron chi connectivity index (χ2n) is 5.76. The predicted octanol–water partition coefficient (Wildman–Crippen LogP) is 1.10. The molecule has 3 rings (SSSR count). The van der Waals surface area contributed by atoms with Crippen LogP contribution in [0.15, 0.2) is 18.2 Å². The standard InChI is InChI=1S/C16H21N3O3/c1-4-19(13-8-22-9-14(13)20)16(21)15-11-7-10(2)5-6-12(11)18(3)17-15/h5-7,13-14,20H,4,8-9H2,1-3H3/t13-,14-/m1/s1. The Morgan fingerprint density at radius 2 is 2.27 bits per heavy atom. The Labute approximate surface area is 129 Å². The summed E-state index contributed by atoms with van der Waals surface area (Å²) in [6.45, 7) is 5.04. The third-order valence-corrected chi connectivity index (χ3v) is 4.23. The summed E-state index contributed by atoms with van der Waals surface area (Å²) in [5.41, 5.74) is 2.44. The summed E-state index contributed by atoms with van der Waals surface area (Å²) in [4.78, 5) is 14.6. The molecule has 1 aliphatic heterocycles. The third kappa shape index (κ3) is 2.38. The van der Waals surface area contributed by atoms with Gasteiger partial charge in [-0.05, 0) is 26.0 Å². The van der Waals surface area contributed by atoms with Crippen molar-refractivity contribution in [1.82, 2.24) is 14.7 Å². The van der Waals surface area contributed by atoms with Gasteiger partial charge in [0.15, 0.2) is 5.69 Å². The highest BCUT2D eigenvalue weighted by atomic mass is 16.5. The highest BCUT2D eigenvalue weighted by Crippen LogP contribution is 2.23. The Hall–Kier alpha value is -1.92. The number of fused-ring (bicyclic) bond motifs is 1. The summed E-state index contributed by atoms with van der Waals surface area (Å²) in [6, 6.07) is 5.65. The Balaban J connectivity index is 2.02. The lowest BCUT2D eigenvalue weighted by molar-refractivity contribution is 0.0516. The van der Waals surface area contributed by atoms with E-state index in [-0.39, 0.29) is 18.6 Å². The first-order valence-electron chi connectivity index (χ1n) is 7.53. The zero-order valence-electron chi connectivity index (χ0n) is 13.1. The number of benzene rings is 1. The van der Waals surface area contributed by atoms with E-state index in [4.69, 9.17) is 4.74 Å². The van der Waals surface area contributed by atoms with Crippen molar-refractivity contribution < 1.29 is 14.6 Å². The van der Waals surface area contributed by atoms with E-state index in [9.17, 15) is 9.90 Å². The number of ether oxygens (including phenoxy) is 1. The summed E-state index contributed by atoms with van der Waals surface area (Å²) < 4.78 is 7.00. The quantitative estimate of drug-likeness (QED) is 0.922. The van der Waals surface area contributed by atoms with Gasteiger partial charge in [0.1, 0.15) is 0 Å². The molecule has 1 aliphatic rings. The maximum absolute atomic E-state index is 12.9. The molecule has 0 radical (unpaired) electrons. The van der Waals surface area contributed by atoms with E-state index >= 15 is 0 Å². The molecule has 1 fully saturated rings. The predicted molar refractivity (Wildman–Crippen MR) is 82.8 cm³/mol. The minimum absolute atomic E-state index is 0.159. The largest absolute Gasteiger partial charge is 0.388 e. The van der Waals surface area contributed by atoms with Crippen molar-refractivity contribution in [2.45, 2.75) is 26.0 Å². The van der Waals surface area contributed by atoms with Crippen LogP contribution in [0, 0.1) is 6.92 Å². The molecule has 0 unspecified atom stereocenters. The average Bonchev–Trinajstić information content (AvgIpc) is 3.04. The number of likely N-dealkylation sites (N-methyl/N-ethyl adjacent to an activating group) is 1. The van der Waals surface area contributed by atoms with Crippen LogP contribution in [-0.4, -0.2) is 57.6 Å². The summed E-state index contributed by atoms with van der Waals surface area (Å²) in [5.74, 6) is -0.159. The van der Waals surface area contributed by atoms with Crippen LogP contribution in [0.4, 0.5) is 0 Å². The molecule has 1 aromatic carbocycles. The first-order valence-corrected chi connectivity index (χ1v) is 7.53. The zero-order chi connectivity index (χ0) is 15.9. The van der Waals surface area contributed by atoms with Crippen LogP contribution in [0.25, 0.3) is 10.9 Å². The highest BCUT2D eigenvalue weighted by molar-refractivity contribution is 6.05. The number of carbonyl (C=O) groups excluding carboxylic acids is 1. The van der Waals surface area contributed by atoms with Gasteiger partial charge in [-0.25, -0.2) is 0 Å². The number of amides is 1. The number of nitrogens with zero attached hydrogens (tertiary/aromatic N) is 3. The highest BCUT2D eigenvalue weighted by Gasteiger charge is 2.35. The van der Waals surface area contributed by atoms with E-state index in [0.29, 0.717) is 18.8 Å². The van der Waals surface area contributed by atoms with Crippen LogP contribution < -0.4 is 0 Å². The van der Waals surface area contributed by atoms with Gasteiger partial charge in [0.2, 0.25) is 0 Å². The number of aliphatic hydroxyl groups is 1. The van der Waals surface area contributed by atoms with Crippen LogP contribution in [0.2, 0.25) is 0 Å². The SMILES string of the molecule is CCN(C(=O)c1nn(C)c2ccc(C)cc12)[C@@H]1COC[C@H]1O. The molecule has 0 aliphatic carbocycles.